The summed E-state index contributed by atoms with van der Waals surface area (Å²) in [6.45, 7) is -0.406. The zero-order valence-electron chi connectivity index (χ0n) is 14.3. The van der Waals surface area contributed by atoms with Crippen molar-refractivity contribution >= 4 is 44.9 Å². The monoisotopic (exact) mass is 440 g/mol. The van der Waals surface area contributed by atoms with Crippen molar-refractivity contribution in [2.75, 3.05) is 0 Å². The minimum absolute atomic E-state index is 0.0709. The van der Waals surface area contributed by atoms with Crippen molar-refractivity contribution in [2.24, 2.45) is 0 Å². The van der Waals surface area contributed by atoms with Crippen molar-refractivity contribution in [3.05, 3.63) is 80.2 Å². The number of hydrogen-bond donors (Lipinski definition) is 2. The van der Waals surface area contributed by atoms with Crippen LogP contribution in [0.25, 0.3) is 17.0 Å². The van der Waals surface area contributed by atoms with E-state index >= 15 is 0 Å². The summed E-state index contributed by atoms with van der Waals surface area (Å²) in [5.41, 5.74) is 0.0347. The molecule has 1 aliphatic rings. The summed E-state index contributed by atoms with van der Waals surface area (Å²) in [6, 6.07) is 13.0. The van der Waals surface area contributed by atoms with Gasteiger partial charge in [-0.2, -0.15) is 0 Å². The van der Waals surface area contributed by atoms with Gasteiger partial charge in [0.1, 0.15) is 17.0 Å². The number of aromatic hydroxyl groups is 1. The van der Waals surface area contributed by atoms with Crippen LogP contribution in [0.15, 0.2) is 67.9 Å². The highest BCUT2D eigenvalue weighted by Crippen LogP contribution is 2.28. The molecule has 2 heterocycles. The predicted molar refractivity (Wildman–Crippen MR) is 105 cm³/mol. The molecule has 140 valence electrons. The van der Waals surface area contributed by atoms with Crippen LogP contribution in [0.2, 0.25) is 0 Å². The van der Waals surface area contributed by atoms with Crippen LogP contribution >= 0.6 is 15.9 Å². The van der Waals surface area contributed by atoms with Gasteiger partial charge in [0.15, 0.2) is 0 Å². The fourth-order valence-electron chi connectivity index (χ4n) is 2.93. The first-order valence-corrected chi connectivity index (χ1v) is 9.08. The third kappa shape index (κ3) is 3.07. The Morgan fingerprint density at radius 1 is 1.07 bits per heavy atom. The molecule has 0 atom stereocenters. The third-order valence-corrected chi connectivity index (χ3v) is 5.08. The SMILES string of the molecule is O=C1NC(=Cc2ccccc2Br)C(=O)N1Cc1c(O)c2ccccc2oc1=O. The molecule has 8 heteroatoms. The van der Waals surface area contributed by atoms with Gasteiger partial charge in [0.2, 0.25) is 0 Å². The van der Waals surface area contributed by atoms with Gasteiger partial charge in [-0.15, -0.1) is 0 Å². The Bertz CT molecular complexity index is 1210. The van der Waals surface area contributed by atoms with Gasteiger partial charge in [-0.3, -0.25) is 9.69 Å². The maximum atomic E-state index is 12.7. The second-order valence-electron chi connectivity index (χ2n) is 6.11. The molecule has 1 aliphatic heterocycles. The summed E-state index contributed by atoms with van der Waals surface area (Å²) in [5, 5.41) is 13.3. The van der Waals surface area contributed by atoms with E-state index in [4.69, 9.17) is 4.42 Å². The van der Waals surface area contributed by atoms with Crippen molar-refractivity contribution in [1.82, 2.24) is 10.2 Å². The number of carbonyl (C=O) groups excluding carboxylic acids is 2. The quantitative estimate of drug-likeness (QED) is 0.369. The summed E-state index contributed by atoms with van der Waals surface area (Å²) >= 11 is 3.38. The number of hydrogen-bond acceptors (Lipinski definition) is 5. The molecule has 0 aliphatic carbocycles. The number of rotatable bonds is 3. The van der Waals surface area contributed by atoms with Gasteiger partial charge < -0.3 is 14.8 Å². The normalized spacial score (nSPS) is 15.5. The van der Waals surface area contributed by atoms with Crippen LogP contribution in [0.5, 0.6) is 5.75 Å². The Morgan fingerprint density at radius 2 is 1.79 bits per heavy atom. The summed E-state index contributed by atoms with van der Waals surface area (Å²) in [7, 11) is 0. The number of nitrogens with one attached hydrogen (secondary N) is 1. The molecule has 28 heavy (non-hydrogen) atoms. The number of fused-ring (bicyclic) bond motifs is 1. The Balaban J connectivity index is 1.69. The van der Waals surface area contributed by atoms with E-state index in [1.165, 1.54) is 6.08 Å². The highest BCUT2D eigenvalue weighted by Gasteiger charge is 2.35. The van der Waals surface area contributed by atoms with Gasteiger partial charge in [-0.25, -0.2) is 9.59 Å². The van der Waals surface area contributed by atoms with Gasteiger partial charge >= 0.3 is 11.7 Å². The van der Waals surface area contributed by atoms with Crippen molar-refractivity contribution in [2.45, 2.75) is 6.54 Å². The third-order valence-electron chi connectivity index (χ3n) is 4.36. The summed E-state index contributed by atoms with van der Waals surface area (Å²) < 4.78 is 5.95. The highest BCUT2D eigenvalue weighted by molar-refractivity contribution is 9.10. The van der Waals surface area contributed by atoms with E-state index in [9.17, 15) is 19.5 Å². The lowest BCUT2D eigenvalue weighted by Gasteiger charge is -2.12. The molecule has 0 radical (unpaired) electrons. The number of nitrogens with zero attached hydrogens (tertiary/aromatic N) is 1. The first kappa shape index (κ1) is 18.0. The van der Waals surface area contributed by atoms with Gasteiger partial charge in [0.25, 0.3) is 5.91 Å². The Kier molecular flexibility index (Phi) is 4.48. The van der Waals surface area contributed by atoms with Crippen LogP contribution in [-0.2, 0) is 11.3 Å². The molecular weight excluding hydrogens is 428 g/mol. The van der Waals surface area contributed by atoms with E-state index in [-0.39, 0.29) is 22.6 Å². The van der Waals surface area contributed by atoms with Gasteiger partial charge in [0.05, 0.1) is 17.5 Å². The number of benzene rings is 2. The molecule has 4 rings (SSSR count). The van der Waals surface area contributed by atoms with Crippen LogP contribution in [0.4, 0.5) is 4.79 Å². The van der Waals surface area contributed by atoms with E-state index in [1.807, 2.05) is 12.1 Å². The smallest absolute Gasteiger partial charge is 0.345 e. The summed E-state index contributed by atoms with van der Waals surface area (Å²) in [4.78, 5) is 38.1. The van der Waals surface area contributed by atoms with Crippen molar-refractivity contribution < 1.29 is 19.1 Å². The molecule has 2 aromatic carbocycles. The molecule has 3 aromatic rings. The Morgan fingerprint density at radius 3 is 2.57 bits per heavy atom. The number of carbonyl (C=O) groups is 2. The zero-order valence-corrected chi connectivity index (χ0v) is 15.9. The zero-order chi connectivity index (χ0) is 19.8. The lowest BCUT2D eigenvalue weighted by Crippen LogP contribution is -2.32. The highest BCUT2D eigenvalue weighted by atomic mass is 79.9. The minimum atomic E-state index is -0.806. The Hall–Kier alpha value is -3.39. The molecule has 7 nitrogen and oxygen atoms in total. The van der Waals surface area contributed by atoms with E-state index in [0.29, 0.717) is 10.9 Å². The first-order valence-electron chi connectivity index (χ1n) is 8.28. The van der Waals surface area contributed by atoms with Crippen LogP contribution in [0, 0.1) is 0 Å². The average Bonchev–Trinajstić information content (AvgIpc) is 2.94. The van der Waals surface area contributed by atoms with Crippen molar-refractivity contribution in [1.29, 1.82) is 0 Å². The number of amides is 3. The van der Waals surface area contributed by atoms with Crippen LogP contribution in [0.1, 0.15) is 11.1 Å². The fraction of sp³-hybridized carbons (Fsp3) is 0.0500. The first-order chi connectivity index (χ1) is 13.5. The maximum Gasteiger partial charge on any atom is 0.345 e. The Labute approximate surface area is 167 Å². The molecule has 1 aromatic heterocycles. The molecule has 1 fully saturated rings. The molecular formula is C20H13BrN2O5. The number of para-hydroxylation sites is 1. The lowest BCUT2D eigenvalue weighted by molar-refractivity contribution is -0.123. The maximum absolute atomic E-state index is 12.7. The predicted octanol–water partition coefficient (Wildman–Crippen LogP) is 3.35. The molecule has 0 unspecified atom stereocenters. The summed E-state index contributed by atoms with van der Waals surface area (Å²) in [5.74, 6) is -0.914. The molecule has 0 bridgehead atoms. The molecule has 3 amide bonds. The van der Waals surface area contributed by atoms with E-state index in [1.54, 1.807) is 36.4 Å². The van der Waals surface area contributed by atoms with Crippen LogP contribution in [-0.4, -0.2) is 21.9 Å². The number of imide groups is 1. The van der Waals surface area contributed by atoms with Crippen molar-refractivity contribution in [3.63, 3.8) is 0 Å². The van der Waals surface area contributed by atoms with Gasteiger partial charge in [-0.05, 0) is 29.8 Å². The van der Waals surface area contributed by atoms with Gasteiger partial charge in [0, 0.05) is 4.47 Å². The number of urea groups is 1. The van der Waals surface area contributed by atoms with E-state index < -0.39 is 24.1 Å². The fourth-order valence-corrected chi connectivity index (χ4v) is 3.33. The number of halogens is 1. The molecule has 0 spiro atoms. The van der Waals surface area contributed by atoms with Crippen LogP contribution in [0.3, 0.4) is 0 Å². The molecule has 1 saturated heterocycles. The van der Waals surface area contributed by atoms with E-state index in [2.05, 4.69) is 21.2 Å². The molecule has 0 saturated carbocycles. The molecule has 2 N–H and O–H groups in total. The average molecular weight is 441 g/mol. The largest absolute Gasteiger partial charge is 0.507 e. The van der Waals surface area contributed by atoms with Crippen LogP contribution < -0.4 is 10.9 Å². The van der Waals surface area contributed by atoms with E-state index in [0.717, 1.165) is 9.37 Å². The second-order valence-corrected chi connectivity index (χ2v) is 6.97. The standard InChI is InChI=1S/C20H13BrN2O5/c21-14-7-3-1-5-11(14)9-15-18(25)23(20(27)22-15)10-13-17(24)12-6-2-4-8-16(12)28-19(13)26/h1-9,24H,10H2,(H,22,27). The summed E-state index contributed by atoms with van der Waals surface area (Å²) in [6.07, 6.45) is 1.53. The van der Waals surface area contributed by atoms with Gasteiger partial charge in [-0.1, -0.05) is 46.3 Å². The minimum Gasteiger partial charge on any atom is -0.507 e. The second kappa shape index (κ2) is 6.97. The van der Waals surface area contributed by atoms with Crippen molar-refractivity contribution in [3.8, 4) is 5.75 Å². The lowest BCUT2D eigenvalue weighted by atomic mass is 10.1. The topological polar surface area (TPSA) is 99.8 Å².